The van der Waals surface area contributed by atoms with E-state index in [1.54, 1.807) is 24.3 Å². The maximum Gasteiger partial charge on any atom is 0.338 e. The molecule has 1 aliphatic carbocycles. The van der Waals surface area contributed by atoms with Crippen LogP contribution in [-0.4, -0.2) is 35.3 Å². The topological polar surface area (TPSA) is 75.7 Å². The standard InChI is InChI=1S/C21H25ClN2O4/c1-2-3-13-28-21(27)14-9-11-15(12-10-14)23-18-17(22)19(25)24(20(18)26)16-7-5-4-6-8-16/h9-12,16,23H,2-8,13H2,1H3. The van der Waals surface area contributed by atoms with Crippen molar-refractivity contribution >= 4 is 35.1 Å². The number of hydrogen-bond donors (Lipinski definition) is 1. The third-order valence-electron chi connectivity index (χ3n) is 5.12. The van der Waals surface area contributed by atoms with E-state index in [1.165, 1.54) is 4.90 Å². The largest absolute Gasteiger partial charge is 0.462 e. The van der Waals surface area contributed by atoms with E-state index in [2.05, 4.69) is 5.32 Å². The van der Waals surface area contributed by atoms with Gasteiger partial charge in [-0.1, -0.05) is 44.2 Å². The fourth-order valence-electron chi connectivity index (χ4n) is 3.52. The van der Waals surface area contributed by atoms with Crippen LogP contribution in [0.25, 0.3) is 0 Å². The van der Waals surface area contributed by atoms with Crippen molar-refractivity contribution in [2.24, 2.45) is 0 Å². The normalized spacial score (nSPS) is 18.0. The summed E-state index contributed by atoms with van der Waals surface area (Å²) in [5, 5.41) is 2.86. The summed E-state index contributed by atoms with van der Waals surface area (Å²) in [6, 6.07) is 6.47. The Balaban J connectivity index is 1.66. The number of anilines is 1. The average Bonchev–Trinajstić information content (AvgIpc) is 2.92. The van der Waals surface area contributed by atoms with Gasteiger partial charge in [-0.2, -0.15) is 0 Å². The molecular weight excluding hydrogens is 380 g/mol. The Morgan fingerprint density at radius 3 is 2.46 bits per heavy atom. The van der Waals surface area contributed by atoms with Gasteiger partial charge < -0.3 is 10.1 Å². The van der Waals surface area contributed by atoms with Gasteiger partial charge >= 0.3 is 5.97 Å². The predicted molar refractivity (Wildman–Crippen MR) is 107 cm³/mol. The number of unbranched alkanes of at least 4 members (excludes halogenated alkanes) is 1. The van der Waals surface area contributed by atoms with Gasteiger partial charge in [0.25, 0.3) is 11.8 Å². The highest BCUT2D eigenvalue weighted by Gasteiger charge is 2.42. The van der Waals surface area contributed by atoms with Crippen molar-refractivity contribution < 1.29 is 19.1 Å². The number of halogens is 1. The summed E-state index contributed by atoms with van der Waals surface area (Å²) in [4.78, 5) is 38.5. The van der Waals surface area contributed by atoms with Crippen molar-refractivity contribution in [3.8, 4) is 0 Å². The van der Waals surface area contributed by atoms with Crippen LogP contribution in [0.4, 0.5) is 5.69 Å². The highest BCUT2D eigenvalue weighted by molar-refractivity contribution is 6.48. The molecule has 2 aliphatic rings. The lowest BCUT2D eigenvalue weighted by molar-refractivity contribution is -0.140. The summed E-state index contributed by atoms with van der Waals surface area (Å²) in [6.07, 6.45) is 6.58. The zero-order chi connectivity index (χ0) is 20.1. The van der Waals surface area contributed by atoms with E-state index in [0.29, 0.717) is 17.9 Å². The highest BCUT2D eigenvalue weighted by Crippen LogP contribution is 2.32. The SMILES string of the molecule is CCCCOC(=O)c1ccc(NC2=C(Cl)C(=O)N(C3CCCCC3)C2=O)cc1. The lowest BCUT2D eigenvalue weighted by atomic mass is 9.94. The van der Waals surface area contributed by atoms with E-state index in [4.69, 9.17) is 16.3 Å². The molecule has 1 aliphatic heterocycles. The van der Waals surface area contributed by atoms with Crippen LogP contribution in [0.5, 0.6) is 0 Å². The monoisotopic (exact) mass is 404 g/mol. The van der Waals surface area contributed by atoms with Crippen LogP contribution in [0.2, 0.25) is 0 Å². The number of rotatable bonds is 7. The van der Waals surface area contributed by atoms with Gasteiger partial charge in [0.15, 0.2) is 0 Å². The van der Waals surface area contributed by atoms with E-state index >= 15 is 0 Å². The van der Waals surface area contributed by atoms with E-state index < -0.39 is 5.91 Å². The van der Waals surface area contributed by atoms with Crippen LogP contribution in [0, 0.1) is 0 Å². The molecule has 0 saturated heterocycles. The Hall–Kier alpha value is -2.34. The summed E-state index contributed by atoms with van der Waals surface area (Å²) in [5.41, 5.74) is 1.10. The molecule has 1 N–H and O–H groups in total. The number of ether oxygens (including phenoxy) is 1. The van der Waals surface area contributed by atoms with Crippen LogP contribution in [0.3, 0.4) is 0 Å². The summed E-state index contributed by atoms with van der Waals surface area (Å²) >= 11 is 6.17. The Morgan fingerprint density at radius 2 is 1.82 bits per heavy atom. The number of carbonyl (C=O) groups is 3. The van der Waals surface area contributed by atoms with Crippen LogP contribution >= 0.6 is 11.6 Å². The number of hydrogen-bond acceptors (Lipinski definition) is 5. The van der Waals surface area contributed by atoms with Crippen LogP contribution in [0.1, 0.15) is 62.2 Å². The fourth-order valence-corrected chi connectivity index (χ4v) is 3.74. The summed E-state index contributed by atoms with van der Waals surface area (Å²) in [5.74, 6) is -1.20. The van der Waals surface area contributed by atoms with Gasteiger partial charge in [-0.3, -0.25) is 14.5 Å². The van der Waals surface area contributed by atoms with E-state index in [9.17, 15) is 14.4 Å². The number of nitrogens with zero attached hydrogens (tertiary/aromatic N) is 1. The molecule has 0 bridgehead atoms. The van der Waals surface area contributed by atoms with Crippen LogP contribution < -0.4 is 5.32 Å². The van der Waals surface area contributed by atoms with Gasteiger partial charge in [-0.25, -0.2) is 4.79 Å². The van der Waals surface area contributed by atoms with Crippen molar-refractivity contribution in [3.63, 3.8) is 0 Å². The van der Waals surface area contributed by atoms with Crippen LogP contribution in [0.15, 0.2) is 35.0 Å². The third-order valence-corrected chi connectivity index (χ3v) is 5.47. The minimum atomic E-state index is -0.433. The number of imide groups is 1. The first-order valence-corrected chi connectivity index (χ1v) is 10.2. The minimum Gasteiger partial charge on any atom is -0.462 e. The molecule has 0 radical (unpaired) electrons. The van der Waals surface area contributed by atoms with Gasteiger partial charge in [0.2, 0.25) is 0 Å². The predicted octanol–water partition coefficient (Wildman–Crippen LogP) is 4.21. The number of carbonyl (C=O) groups excluding carboxylic acids is 3. The first-order valence-electron chi connectivity index (χ1n) is 9.84. The fraction of sp³-hybridized carbons (Fsp3) is 0.476. The van der Waals surface area contributed by atoms with E-state index in [-0.39, 0.29) is 28.6 Å². The Bertz CT molecular complexity index is 782. The lowest BCUT2D eigenvalue weighted by Crippen LogP contribution is -2.42. The molecule has 0 aromatic heterocycles. The molecule has 28 heavy (non-hydrogen) atoms. The second kappa shape index (κ2) is 9.24. The van der Waals surface area contributed by atoms with Gasteiger partial charge in [0.05, 0.1) is 12.2 Å². The maximum absolute atomic E-state index is 12.8. The first-order chi connectivity index (χ1) is 13.5. The molecule has 7 heteroatoms. The molecule has 0 unspecified atom stereocenters. The van der Waals surface area contributed by atoms with Gasteiger partial charge in [-0.05, 0) is 43.5 Å². The molecule has 2 amide bonds. The molecule has 0 spiro atoms. The number of nitrogens with one attached hydrogen (secondary N) is 1. The molecular formula is C21H25ClN2O4. The minimum absolute atomic E-state index is 0.0814. The van der Waals surface area contributed by atoms with Crippen molar-refractivity contribution in [2.75, 3.05) is 11.9 Å². The Morgan fingerprint density at radius 1 is 1.14 bits per heavy atom. The zero-order valence-corrected chi connectivity index (χ0v) is 16.8. The quantitative estimate of drug-likeness (QED) is 0.418. The number of benzene rings is 1. The molecule has 0 atom stereocenters. The van der Waals surface area contributed by atoms with Crippen LogP contribution in [-0.2, 0) is 14.3 Å². The number of amides is 2. The molecule has 3 rings (SSSR count). The number of esters is 1. The third kappa shape index (κ3) is 4.38. The molecule has 1 saturated carbocycles. The summed E-state index contributed by atoms with van der Waals surface area (Å²) < 4.78 is 5.18. The second-order valence-electron chi connectivity index (χ2n) is 7.15. The zero-order valence-electron chi connectivity index (χ0n) is 16.0. The van der Waals surface area contributed by atoms with Gasteiger partial charge in [0, 0.05) is 11.7 Å². The maximum atomic E-state index is 12.8. The lowest BCUT2D eigenvalue weighted by Gasteiger charge is -2.29. The highest BCUT2D eigenvalue weighted by atomic mass is 35.5. The summed E-state index contributed by atoms with van der Waals surface area (Å²) in [7, 11) is 0. The van der Waals surface area contributed by atoms with E-state index in [1.807, 2.05) is 6.92 Å². The van der Waals surface area contributed by atoms with Crippen molar-refractivity contribution in [3.05, 3.63) is 40.6 Å². The Kier molecular flexibility index (Phi) is 6.73. The first kappa shape index (κ1) is 20.4. The molecule has 1 fully saturated rings. The molecule has 1 aromatic rings. The summed E-state index contributed by atoms with van der Waals surface area (Å²) in [6.45, 7) is 2.42. The molecule has 6 nitrogen and oxygen atoms in total. The molecule has 1 aromatic carbocycles. The Labute approximate surface area is 169 Å². The second-order valence-corrected chi connectivity index (χ2v) is 7.53. The van der Waals surface area contributed by atoms with Crippen molar-refractivity contribution in [1.82, 2.24) is 4.90 Å². The van der Waals surface area contributed by atoms with Gasteiger partial charge in [0.1, 0.15) is 10.7 Å². The van der Waals surface area contributed by atoms with Crippen molar-refractivity contribution in [1.29, 1.82) is 0 Å². The van der Waals surface area contributed by atoms with Crippen molar-refractivity contribution in [2.45, 2.75) is 57.9 Å². The van der Waals surface area contributed by atoms with Gasteiger partial charge in [-0.15, -0.1) is 0 Å². The average molecular weight is 405 g/mol. The van der Waals surface area contributed by atoms with E-state index in [0.717, 1.165) is 44.9 Å². The molecule has 150 valence electrons. The molecule has 1 heterocycles. The smallest absolute Gasteiger partial charge is 0.338 e.